The van der Waals surface area contributed by atoms with E-state index >= 15 is 0 Å². The van der Waals surface area contributed by atoms with Crippen LogP contribution in [0.4, 0.5) is 13.2 Å². The number of alkyl halides is 3. The number of rotatable bonds is 7. The van der Waals surface area contributed by atoms with Crippen LogP contribution >= 0.6 is 11.6 Å². The monoisotopic (exact) mass is 460 g/mol. The number of halogens is 4. The maximum atomic E-state index is 12.9. The van der Waals surface area contributed by atoms with Gasteiger partial charge in [-0.15, -0.1) is 5.10 Å². The highest BCUT2D eigenvalue weighted by molar-refractivity contribution is 6.30. The van der Waals surface area contributed by atoms with Gasteiger partial charge in [0, 0.05) is 10.6 Å². The zero-order valence-corrected chi connectivity index (χ0v) is 16.7. The van der Waals surface area contributed by atoms with Crippen LogP contribution < -0.4 is 5.69 Å². The van der Waals surface area contributed by atoms with Crippen LogP contribution in [0.2, 0.25) is 5.02 Å². The Kier molecular flexibility index (Phi) is 6.45. The average Bonchev–Trinajstić information content (AvgIpc) is 3.29. The number of esters is 1. The largest absolute Gasteiger partial charge is 0.460 e. The molecule has 1 unspecified atom stereocenters. The molecule has 1 aromatic carbocycles. The summed E-state index contributed by atoms with van der Waals surface area (Å²) in [5.41, 5.74) is -0.632. The van der Waals surface area contributed by atoms with Crippen LogP contribution in [-0.2, 0) is 17.8 Å². The summed E-state index contributed by atoms with van der Waals surface area (Å²) in [6.45, 7) is 0.312. The lowest BCUT2D eigenvalue weighted by atomic mass is 10.2. The minimum Gasteiger partial charge on any atom is -0.460 e. The normalized spacial score (nSPS) is 12.7. The van der Waals surface area contributed by atoms with E-state index in [1.54, 1.807) is 6.92 Å². The number of benzene rings is 1. The predicted octanol–water partition coefficient (Wildman–Crippen LogP) is 1.63. The van der Waals surface area contributed by atoms with Crippen molar-refractivity contribution in [2.24, 2.45) is 0 Å². The van der Waals surface area contributed by atoms with Crippen LogP contribution in [0, 0.1) is 0 Å². The van der Waals surface area contributed by atoms with E-state index in [-0.39, 0.29) is 30.6 Å². The van der Waals surface area contributed by atoms with Gasteiger partial charge in [0.15, 0.2) is 17.8 Å². The molecule has 0 aliphatic carbocycles. The third kappa shape index (κ3) is 5.11. The third-order valence-corrected chi connectivity index (χ3v) is 4.30. The fraction of sp³-hybridized carbons (Fsp3) is 0.353. The van der Waals surface area contributed by atoms with E-state index in [1.165, 1.54) is 24.3 Å². The molecule has 0 aliphatic heterocycles. The van der Waals surface area contributed by atoms with E-state index in [2.05, 4.69) is 20.3 Å². The second-order valence-corrected chi connectivity index (χ2v) is 6.70. The summed E-state index contributed by atoms with van der Waals surface area (Å²) in [5.74, 6) is -1.09. The zero-order valence-electron chi connectivity index (χ0n) is 15.9. The van der Waals surface area contributed by atoms with Crippen LogP contribution in [0.5, 0.6) is 0 Å². The van der Waals surface area contributed by atoms with Crippen molar-refractivity contribution in [3.05, 3.63) is 51.4 Å². The number of hydrogen-bond donors (Lipinski definition) is 2. The molecule has 0 saturated carbocycles. The molecule has 2 aromatic heterocycles. The minimum atomic E-state index is -4.93. The summed E-state index contributed by atoms with van der Waals surface area (Å²) in [4.78, 5) is 28.3. The number of carbonyl (C=O) groups excluding carboxylic acids is 1. The Hall–Kier alpha value is -3.19. The van der Waals surface area contributed by atoms with Crippen molar-refractivity contribution in [2.45, 2.75) is 32.3 Å². The highest BCUT2D eigenvalue weighted by Gasteiger charge is 2.39. The van der Waals surface area contributed by atoms with Gasteiger partial charge in [-0.05, 0) is 31.2 Å². The highest BCUT2D eigenvalue weighted by Crippen LogP contribution is 2.24. The molecule has 3 aromatic rings. The molecule has 0 saturated heterocycles. The number of aliphatic hydroxyl groups excluding tert-OH is 1. The quantitative estimate of drug-likeness (QED) is 0.513. The van der Waals surface area contributed by atoms with Gasteiger partial charge >= 0.3 is 17.8 Å². The lowest BCUT2D eigenvalue weighted by Crippen LogP contribution is -2.37. The number of carbonyl (C=O) groups is 1. The highest BCUT2D eigenvalue weighted by atomic mass is 35.5. The molecule has 0 bridgehead atoms. The SMILES string of the molecule is CCOC(=O)c1nc(Cn2nc(-c3ccc(Cl)cc3)n(CC(O)C(F)(F)F)c2=O)n[nH]1. The van der Waals surface area contributed by atoms with Crippen molar-refractivity contribution in [3.8, 4) is 11.4 Å². The van der Waals surface area contributed by atoms with Gasteiger partial charge in [-0.1, -0.05) is 11.6 Å². The van der Waals surface area contributed by atoms with Gasteiger partial charge in [-0.2, -0.15) is 18.3 Å². The van der Waals surface area contributed by atoms with Crippen LogP contribution in [0.1, 0.15) is 23.4 Å². The fourth-order valence-corrected chi connectivity index (χ4v) is 2.72. The number of ether oxygens (including phenoxy) is 1. The van der Waals surface area contributed by atoms with Crippen LogP contribution in [0.3, 0.4) is 0 Å². The molecular formula is C17H16ClF3N6O4. The van der Waals surface area contributed by atoms with E-state index in [0.29, 0.717) is 15.2 Å². The zero-order chi connectivity index (χ0) is 22.8. The molecule has 14 heteroatoms. The molecule has 0 radical (unpaired) electrons. The maximum absolute atomic E-state index is 12.9. The number of aromatic amines is 1. The molecule has 2 N–H and O–H groups in total. The van der Waals surface area contributed by atoms with Crippen molar-refractivity contribution in [1.82, 2.24) is 29.5 Å². The molecule has 2 heterocycles. The second-order valence-electron chi connectivity index (χ2n) is 6.26. The summed E-state index contributed by atoms with van der Waals surface area (Å²) in [7, 11) is 0. The Balaban J connectivity index is 1.98. The van der Waals surface area contributed by atoms with Gasteiger partial charge in [0.1, 0.15) is 6.54 Å². The van der Waals surface area contributed by atoms with Gasteiger partial charge in [0.05, 0.1) is 13.2 Å². The lowest BCUT2D eigenvalue weighted by molar-refractivity contribution is -0.207. The van der Waals surface area contributed by atoms with Crippen LogP contribution in [-0.4, -0.2) is 59.5 Å². The van der Waals surface area contributed by atoms with Gasteiger partial charge in [0.25, 0.3) is 0 Å². The summed E-state index contributed by atoms with van der Waals surface area (Å²) in [6.07, 6.45) is -7.72. The fourth-order valence-electron chi connectivity index (χ4n) is 2.59. The Labute approximate surface area is 177 Å². The second kappa shape index (κ2) is 8.89. The molecule has 10 nitrogen and oxygen atoms in total. The number of aromatic nitrogens is 6. The lowest BCUT2D eigenvalue weighted by Gasteiger charge is -2.15. The number of aliphatic hydroxyl groups is 1. The van der Waals surface area contributed by atoms with E-state index < -0.39 is 30.5 Å². The molecule has 1 atom stereocenters. The molecule has 166 valence electrons. The summed E-state index contributed by atoms with van der Waals surface area (Å²) in [6, 6.07) is 5.89. The number of nitrogens with zero attached hydrogens (tertiary/aromatic N) is 5. The first kappa shape index (κ1) is 22.5. The first-order chi connectivity index (χ1) is 14.6. The molecule has 0 aliphatic rings. The maximum Gasteiger partial charge on any atom is 0.416 e. The van der Waals surface area contributed by atoms with E-state index in [9.17, 15) is 27.9 Å². The number of hydrogen-bond acceptors (Lipinski definition) is 7. The smallest absolute Gasteiger partial charge is 0.416 e. The Morgan fingerprint density at radius 1 is 1.32 bits per heavy atom. The van der Waals surface area contributed by atoms with Crippen molar-refractivity contribution in [3.63, 3.8) is 0 Å². The van der Waals surface area contributed by atoms with Crippen molar-refractivity contribution >= 4 is 17.6 Å². The third-order valence-electron chi connectivity index (χ3n) is 4.05. The Bertz CT molecular complexity index is 1120. The molecule has 0 fully saturated rings. The van der Waals surface area contributed by atoms with Crippen molar-refractivity contribution in [2.75, 3.05) is 6.61 Å². The predicted molar refractivity (Wildman–Crippen MR) is 100 cm³/mol. The molecule has 0 amide bonds. The van der Waals surface area contributed by atoms with Gasteiger partial charge < -0.3 is 9.84 Å². The van der Waals surface area contributed by atoms with Gasteiger partial charge in [-0.25, -0.2) is 19.3 Å². The average molecular weight is 461 g/mol. The summed E-state index contributed by atoms with van der Waals surface area (Å²) in [5, 5.41) is 20.0. The number of H-pyrrole nitrogens is 1. The van der Waals surface area contributed by atoms with E-state index in [4.69, 9.17) is 16.3 Å². The molecule has 31 heavy (non-hydrogen) atoms. The first-order valence-electron chi connectivity index (χ1n) is 8.87. The summed E-state index contributed by atoms with van der Waals surface area (Å²) >= 11 is 5.84. The Morgan fingerprint density at radius 2 is 2.00 bits per heavy atom. The van der Waals surface area contributed by atoms with Gasteiger partial charge in [-0.3, -0.25) is 9.67 Å². The molecule has 0 spiro atoms. The van der Waals surface area contributed by atoms with Gasteiger partial charge in [0.2, 0.25) is 5.82 Å². The van der Waals surface area contributed by atoms with Crippen LogP contribution in [0.25, 0.3) is 11.4 Å². The standard InChI is InChI=1S/C17H16ClF3N6O4/c1-2-31-15(29)13-22-12(23-24-13)8-27-16(30)26(7-11(28)17(19,20)21)14(25-27)9-3-5-10(18)6-4-9/h3-6,11,28H,2,7-8H2,1H3,(H,22,23,24). The van der Waals surface area contributed by atoms with Crippen LogP contribution in [0.15, 0.2) is 29.1 Å². The summed E-state index contributed by atoms with van der Waals surface area (Å²) < 4.78 is 44.9. The van der Waals surface area contributed by atoms with Crippen molar-refractivity contribution in [1.29, 1.82) is 0 Å². The molecule has 3 rings (SSSR count). The first-order valence-corrected chi connectivity index (χ1v) is 9.24. The Morgan fingerprint density at radius 3 is 2.61 bits per heavy atom. The van der Waals surface area contributed by atoms with E-state index in [1.807, 2.05) is 0 Å². The number of nitrogens with one attached hydrogen (secondary N) is 1. The minimum absolute atomic E-state index is 0.0196. The topological polar surface area (TPSA) is 128 Å². The van der Waals surface area contributed by atoms with E-state index in [0.717, 1.165) is 4.68 Å². The van der Waals surface area contributed by atoms with Crippen molar-refractivity contribution < 1.29 is 27.8 Å². The molecular weight excluding hydrogens is 445 g/mol.